The average Bonchev–Trinajstić information content (AvgIpc) is 3.01. The van der Waals surface area contributed by atoms with Crippen LogP contribution < -0.4 is 5.73 Å². The van der Waals surface area contributed by atoms with Crippen LogP contribution in [0, 0.1) is 11.6 Å². The fraction of sp³-hybridized carbons (Fsp3) is 0.176. The van der Waals surface area contributed by atoms with E-state index in [1.165, 1.54) is 6.07 Å². The standard InChI is InChI=1S/C17H16F2N4/c1-2-11-5-3-4-6-16(11)23-17(15(10-20)21-22-23)12-7-8-13(18)14(19)9-12/h3-9H,2,10,20H2,1H3. The van der Waals surface area contributed by atoms with Crippen molar-refractivity contribution in [1.29, 1.82) is 0 Å². The molecule has 0 saturated heterocycles. The van der Waals surface area contributed by atoms with Crippen molar-refractivity contribution in [3.63, 3.8) is 0 Å². The minimum Gasteiger partial charge on any atom is -0.325 e. The van der Waals surface area contributed by atoms with Gasteiger partial charge in [-0.3, -0.25) is 0 Å². The molecule has 0 aliphatic rings. The Bertz CT molecular complexity index is 842. The van der Waals surface area contributed by atoms with E-state index in [9.17, 15) is 8.78 Å². The van der Waals surface area contributed by atoms with E-state index in [0.29, 0.717) is 17.0 Å². The van der Waals surface area contributed by atoms with Gasteiger partial charge in [-0.15, -0.1) is 5.10 Å². The summed E-state index contributed by atoms with van der Waals surface area (Å²) in [7, 11) is 0. The quantitative estimate of drug-likeness (QED) is 0.804. The van der Waals surface area contributed by atoms with Crippen LogP contribution in [0.3, 0.4) is 0 Å². The van der Waals surface area contributed by atoms with Crippen LogP contribution in [0.5, 0.6) is 0 Å². The molecule has 6 heteroatoms. The summed E-state index contributed by atoms with van der Waals surface area (Å²) >= 11 is 0. The molecular weight excluding hydrogens is 298 g/mol. The van der Waals surface area contributed by atoms with Gasteiger partial charge in [-0.1, -0.05) is 30.3 Å². The lowest BCUT2D eigenvalue weighted by atomic mass is 10.1. The molecular formula is C17H16F2N4. The van der Waals surface area contributed by atoms with Crippen LogP contribution in [0.15, 0.2) is 42.5 Å². The normalized spacial score (nSPS) is 11.0. The maximum absolute atomic E-state index is 13.6. The zero-order chi connectivity index (χ0) is 16.4. The van der Waals surface area contributed by atoms with Gasteiger partial charge in [-0.2, -0.15) is 0 Å². The molecule has 0 bridgehead atoms. The number of nitrogens with zero attached hydrogens (tertiary/aromatic N) is 3. The van der Waals surface area contributed by atoms with Gasteiger partial charge < -0.3 is 5.73 Å². The highest BCUT2D eigenvalue weighted by Gasteiger charge is 2.18. The van der Waals surface area contributed by atoms with Gasteiger partial charge in [0.2, 0.25) is 0 Å². The number of para-hydroxylation sites is 1. The van der Waals surface area contributed by atoms with Crippen molar-refractivity contribution in [3.8, 4) is 16.9 Å². The van der Waals surface area contributed by atoms with Crippen LogP contribution in [0.1, 0.15) is 18.2 Å². The van der Waals surface area contributed by atoms with Gasteiger partial charge in [0.05, 0.1) is 11.4 Å². The topological polar surface area (TPSA) is 56.7 Å². The zero-order valence-corrected chi connectivity index (χ0v) is 12.6. The number of aromatic nitrogens is 3. The Kier molecular flexibility index (Phi) is 4.16. The van der Waals surface area contributed by atoms with E-state index in [0.717, 1.165) is 29.8 Å². The predicted octanol–water partition coefficient (Wildman–Crippen LogP) is 3.23. The van der Waals surface area contributed by atoms with E-state index < -0.39 is 11.6 Å². The lowest BCUT2D eigenvalue weighted by molar-refractivity contribution is 0.509. The molecule has 0 aliphatic heterocycles. The first-order chi connectivity index (χ1) is 11.2. The van der Waals surface area contributed by atoms with Crippen molar-refractivity contribution in [2.45, 2.75) is 19.9 Å². The summed E-state index contributed by atoms with van der Waals surface area (Å²) in [5, 5.41) is 8.25. The van der Waals surface area contributed by atoms with E-state index in [2.05, 4.69) is 10.3 Å². The molecule has 118 valence electrons. The summed E-state index contributed by atoms with van der Waals surface area (Å²) in [5.41, 5.74) is 9.25. The number of hydrogen-bond acceptors (Lipinski definition) is 3. The van der Waals surface area contributed by atoms with Crippen molar-refractivity contribution < 1.29 is 8.78 Å². The van der Waals surface area contributed by atoms with Gasteiger partial charge in [0.15, 0.2) is 11.6 Å². The fourth-order valence-corrected chi connectivity index (χ4v) is 2.57. The lowest BCUT2D eigenvalue weighted by Gasteiger charge is -2.11. The van der Waals surface area contributed by atoms with E-state index in [1.54, 1.807) is 4.68 Å². The summed E-state index contributed by atoms with van der Waals surface area (Å²) in [6.45, 7) is 2.19. The van der Waals surface area contributed by atoms with Crippen LogP contribution in [0.2, 0.25) is 0 Å². The zero-order valence-electron chi connectivity index (χ0n) is 12.6. The molecule has 0 fully saturated rings. The Morgan fingerprint density at radius 2 is 1.87 bits per heavy atom. The van der Waals surface area contributed by atoms with Gasteiger partial charge in [-0.25, -0.2) is 13.5 Å². The second-order valence-corrected chi connectivity index (χ2v) is 5.11. The fourth-order valence-electron chi connectivity index (χ4n) is 2.57. The largest absolute Gasteiger partial charge is 0.325 e. The second-order valence-electron chi connectivity index (χ2n) is 5.11. The summed E-state index contributed by atoms with van der Waals surface area (Å²) in [5.74, 6) is -1.81. The number of nitrogens with two attached hydrogens (primary N) is 1. The third kappa shape index (κ3) is 2.73. The first-order valence-corrected chi connectivity index (χ1v) is 7.34. The molecule has 0 aliphatic carbocycles. The Labute approximate surface area is 132 Å². The summed E-state index contributed by atoms with van der Waals surface area (Å²) in [6, 6.07) is 11.5. The SMILES string of the molecule is CCc1ccccc1-n1nnc(CN)c1-c1ccc(F)c(F)c1. The second kappa shape index (κ2) is 6.26. The molecule has 0 spiro atoms. The Morgan fingerprint density at radius 1 is 1.09 bits per heavy atom. The van der Waals surface area contributed by atoms with Crippen LogP contribution in [-0.4, -0.2) is 15.0 Å². The monoisotopic (exact) mass is 314 g/mol. The van der Waals surface area contributed by atoms with Gasteiger partial charge in [0.1, 0.15) is 5.69 Å². The first-order valence-electron chi connectivity index (χ1n) is 7.34. The minimum absolute atomic E-state index is 0.155. The molecule has 2 N–H and O–H groups in total. The third-order valence-electron chi connectivity index (χ3n) is 3.73. The number of aryl methyl sites for hydroxylation is 1. The minimum atomic E-state index is -0.915. The molecule has 0 saturated carbocycles. The third-order valence-corrected chi connectivity index (χ3v) is 3.73. The van der Waals surface area contributed by atoms with E-state index >= 15 is 0 Å². The lowest BCUT2D eigenvalue weighted by Crippen LogP contribution is -2.05. The number of halogens is 2. The molecule has 0 radical (unpaired) electrons. The van der Waals surface area contributed by atoms with Crippen molar-refractivity contribution >= 4 is 0 Å². The first kappa shape index (κ1) is 15.3. The van der Waals surface area contributed by atoms with Crippen molar-refractivity contribution in [3.05, 3.63) is 65.4 Å². The summed E-state index contributed by atoms with van der Waals surface area (Å²) in [6.07, 6.45) is 0.811. The Hall–Kier alpha value is -2.60. The molecule has 1 heterocycles. The number of hydrogen-bond donors (Lipinski definition) is 1. The smallest absolute Gasteiger partial charge is 0.159 e. The van der Waals surface area contributed by atoms with Crippen LogP contribution in [-0.2, 0) is 13.0 Å². The molecule has 3 rings (SSSR count). The molecule has 23 heavy (non-hydrogen) atoms. The maximum atomic E-state index is 13.6. The van der Waals surface area contributed by atoms with Crippen molar-refractivity contribution in [2.75, 3.05) is 0 Å². The van der Waals surface area contributed by atoms with E-state index in [1.807, 2.05) is 31.2 Å². The van der Waals surface area contributed by atoms with E-state index in [4.69, 9.17) is 5.73 Å². The Morgan fingerprint density at radius 3 is 2.57 bits per heavy atom. The highest BCUT2D eigenvalue weighted by Crippen LogP contribution is 2.28. The molecule has 4 nitrogen and oxygen atoms in total. The predicted molar refractivity (Wildman–Crippen MR) is 84.0 cm³/mol. The van der Waals surface area contributed by atoms with Crippen LogP contribution in [0.4, 0.5) is 8.78 Å². The highest BCUT2D eigenvalue weighted by molar-refractivity contribution is 5.65. The number of benzene rings is 2. The molecule has 3 aromatic rings. The van der Waals surface area contributed by atoms with Gasteiger partial charge in [0, 0.05) is 12.1 Å². The van der Waals surface area contributed by atoms with Crippen LogP contribution >= 0.6 is 0 Å². The Balaban J connectivity index is 2.24. The molecule has 0 unspecified atom stereocenters. The van der Waals surface area contributed by atoms with Gasteiger partial charge in [-0.05, 0) is 36.2 Å². The summed E-state index contributed by atoms with van der Waals surface area (Å²) < 4.78 is 28.5. The average molecular weight is 314 g/mol. The molecule has 0 amide bonds. The maximum Gasteiger partial charge on any atom is 0.159 e. The molecule has 0 atom stereocenters. The summed E-state index contributed by atoms with van der Waals surface area (Å²) in [4.78, 5) is 0. The van der Waals surface area contributed by atoms with Crippen LogP contribution in [0.25, 0.3) is 16.9 Å². The molecule has 1 aromatic heterocycles. The highest BCUT2D eigenvalue weighted by atomic mass is 19.2. The number of rotatable bonds is 4. The molecule has 2 aromatic carbocycles. The van der Waals surface area contributed by atoms with E-state index in [-0.39, 0.29) is 6.54 Å². The van der Waals surface area contributed by atoms with Crippen molar-refractivity contribution in [2.24, 2.45) is 5.73 Å². The van der Waals surface area contributed by atoms with Crippen molar-refractivity contribution in [1.82, 2.24) is 15.0 Å². The van der Waals surface area contributed by atoms with Gasteiger partial charge in [0.25, 0.3) is 0 Å². The van der Waals surface area contributed by atoms with Gasteiger partial charge >= 0.3 is 0 Å².